The molecule has 2 aromatic rings. The smallest absolute Gasteiger partial charge is 0.272 e. The minimum absolute atomic E-state index is 0.0380. The van der Waals surface area contributed by atoms with E-state index in [9.17, 15) is 9.59 Å². The topological polar surface area (TPSA) is 91.3 Å². The lowest BCUT2D eigenvalue weighted by molar-refractivity contribution is -0.130. The zero-order valence-corrected chi connectivity index (χ0v) is 14.1. The van der Waals surface area contributed by atoms with Gasteiger partial charge in [0.2, 0.25) is 11.9 Å². The van der Waals surface area contributed by atoms with Crippen molar-refractivity contribution in [1.29, 1.82) is 0 Å². The van der Waals surface area contributed by atoms with Crippen LogP contribution in [0.15, 0.2) is 36.8 Å². The molecule has 8 nitrogen and oxygen atoms in total. The van der Waals surface area contributed by atoms with Crippen LogP contribution >= 0.6 is 0 Å². The SMILES string of the molecule is CC(=O)N1CCN(C(=O)c2ccnc(NCc3cccnc3)n2)CC1. The highest BCUT2D eigenvalue weighted by Gasteiger charge is 2.24. The maximum atomic E-state index is 12.6. The van der Waals surface area contributed by atoms with Crippen LogP contribution in [0.1, 0.15) is 23.0 Å². The Bertz CT molecular complexity index is 744. The van der Waals surface area contributed by atoms with E-state index in [4.69, 9.17) is 0 Å². The summed E-state index contributed by atoms with van der Waals surface area (Å²) in [5.41, 5.74) is 1.35. The van der Waals surface area contributed by atoms with E-state index in [-0.39, 0.29) is 11.8 Å². The number of aromatic nitrogens is 3. The van der Waals surface area contributed by atoms with Gasteiger partial charge in [-0.3, -0.25) is 14.6 Å². The van der Waals surface area contributed by atoms with Gasteiger partial charge in [0.25, 0.3) is 5.91 Å². The van der Waals surface area contributed by atoms with Gasteiger partial charge < -0.3 is 15.1 Å². The molecule has 1 N–H and O–H groups in total. The Kier molecular flexibility index (Phi) is 5.17. The fourth-order valence-corrected chi connectivity index (χ4v) is 2.63. The molecule has 3 heterocycles. The van der Waals surface area contributed by atoms with Gasteiger partial charge in [-0.1, -0.05) is 6.07 Å². The minimum Gasteiger partial charge on any atom is -0.350 e. The molecular formula is C17H20N6O2. The predicted octanol–water partition coefficient (Wildman–Crippen LogP) is 0.788. The Morgan fingerprint density at radius 1 is 1.12 bits per heavy atom. The van der Waals surface area contributed by atoms with Gasteiger partial charge in [0.15, 0.2) is 0 Å². The Morgan fingerprint density at radius 3 is 2.56 bits per heavy atom. The summed E-state index contributed by atoms with van der Waals surface area (Å²) in [5.74, 6) is 0.295. The second-order valence-electron chi connectivity index (χ2n) is 5.78. The summed E-state index contributed by atoms with van der Waals surface area (Å²) in [7, 11) is 0. The third kappa shape index (κ3) is 4.28. The number of hydrogen-bond acceptors (Lipinski definition) is 6. The fraction of sp³-hybridized carbons (Fsp3) is 0.353. The third-order valence-corrected chi connectivity index (χ3v) is 4.06. The fourth-order valence-electron chi connectivity index (χ4n) is 2.63. The summed E-state index contributed by atoms with van der Waals surface area (Å²) in [4.78, 5) is 39.9. The van der Waals surface area contributed by atoms with E-state index in [1.54, 1.807) is 41.4 Å². The van der Waals surface area contributed by atoms with Crippen LogP contribution in [0.4, 0.5) is 5.95 Å². The molecular weight excluding hydrogens is 320 g/mol. The molecule has 130 valence electrons. The number of nitrogens with zero attached hydrogens (tertiary/aromatic N) is 5. The van der Waals surface area contributed by atoms with Gasteiger partial charge in [-0.25, -0.2) is 9.97 Å². The van der Waals surface area contributed by atoms with E-state index in [0.717, 1.165) is 5.56 Å². The number of hydrogen-bond donors (Lipinski definition) is 1. The van der Waals surface area contributed by atoms with Crippen LogP contribution in [0.5, 0.6) is 0 Å². The van der Waals surface area contributed by atoms with E-state index in [2.05, 4.69) is 20.3 Å². The molecule has 1 saturated heterocycles. The predicted molar refractivity (Wildman–Crippen MR) is 91.8 cm³/mol. The van der Waals surface area contributed by atoms with Crippen molar-refractivity contribution < 1.29 is 9.59 Å². The van der Waals surface area contributed by atoms with Crippen LogP contribution in [-0.4, -0.2) is 62.7 Å². The molecule has 1 fully saturated rings. The van der Waals surface area contributed by atoms with Gasteiger partial charge in [-0.15, -0.1) is 0 Å². The second-order valence-corrected chi connectivity index (χ2v) is 5.78. The van der Waals surface area contributed by atoms with Crippen LogP contribution in [-0.2, 0) is 11.3 Å². The van der Waals surface area contributed by atoms with Gasteiger partial charge in [0, 0.05) is 58.2 Å². The van der Waals surface area contributed by atoms with Crippen molar-refractivity contribution in [2.75, 3.05) is 31.5 Å². The average Bonchev–Trinajstić information content (AvgIpc) is 2.67. The molecule has 0 saturated carbocycles. The quantitative estimate of drug-likeness (QED) is 0.885. The number of rotatable bonds is 4. The molecule has 8 heteroatoms. The number of anilines is 1. The molecule has 0 atom stereocenters. The Labute approximate surface area is 145 Å². The highest BCUT2D eigenvalue weighted by atomic mass is 16.2. The summed E-state index contributed by atoms with van der Waals surface area (Å²) < 4.78 is 0. The lowest BCUT2D eigenvalue weighted by atomic mass is 10.2. The summed E-state index contributed by atoms with van der Waals surface area (Å²) >= 11 is 0. The van der Waals surface area contributed by atoms with Crippen LogP contribution < -0.4 is 5.32 Å². The van der Waals surface area contributed by atoms with E-state index >= 15 is 0 Å². The lowest BCUT2D eigenvalue weighted by Crippen LogP contribution is -2.50. The highest BCUT2D eigenvalue weighted by molar-refractivity contribution is 5.92. The molecule has 0 radical (unpaired) electrons. The number of amides is 2. The molecule has 0 bridgehead atoms. The Morgan fingerprint density at radius 2 is 1.88 bits per heavy atom. The maximum Gasteiger partial charge on any atom is 0.272 e. The number of carbonyl (C=O) groups is 2. The molecule has 0 aliphatic carbocycles. The molecule has 1 aliphatic heterocycles. The largest absolute Gasteiger partial charge is 0.350 e. The van der Waals surface area contributed by atoms with Gasteiger partial charge in [0.1, 0.15) is 5.69 Å². The van der Waals surface area contributed by atoms with Crippen molar-refractivity contribution in [3.05, 3.63) is 48.0 Å². The Hall–Kier alpha value is -3.03. The first-order valence-corrected chi connectivity index (χ1v) is 8.14. The van der Waals surface area contributed by atoms with Crippen molar-refractivity contribution in [2.24, 2.45) is 0 Å². The summed E-state index contributed by atoms with van der Waals surface area (Å²) in [6.45, 7) is 4.21. The van der Waals surface area contributed by atoms with E-state index in [1.807, 2.05) is 12.1 Å². The summed E-state index contributed by atoms with van der Waals surface area (Å²) in [6, 6.07) is 5.41. The first kappa shape index (κ1) is 16.8. The van der Waals surface area contributed by atoms with Crippen molar-refractivity contribution in [3.8, 4) is 0 Å². The van der Waals surface area contributed by atoms with E-state index in [0.29, 0.717) is 44.4 Å². The second kappa shape index (κ2) is 7.69. The minimum atomic E-state index is -0.143. The molecule has 3 rings (SSSR count). The number of pyridine rings is 1. The Balaban J connectivity index is 1.61. The van der Waals surface area contributed by atoms with Crippen LogP contribution in [0, 0.1) is 0 Å². The number of carbonyl (C=O) groups excluding carboxylic acids is 2. The molecule has 0 spiro atoms. The average molecular weight is 340 g/mol. The highest BCUT2D eigenvalue weighted by Crippen LogP contribution is 2.09. The van der Waals surface area contributed by atoms with Crippen LogP contribution in [0.25, 0.3) is 0 Å². The van der Waals surface area contributed by atoms with E-state index in [1.165, 1.54) is 0 Å². The summed E-state index contributed by atoms with van der Waals surface area (Å²) in [5, 5.41) is 3.10. The van der Waals surface area contributed by atoms with Gasteiger partial charge >= 0.3 is 0 Å². The number of nitrogens with one attached hydrogen (secondary N) is 1. The molecule has 2 amide bonds. The molecule has 0 aromatic carbocycles. The number of piperazine rings is 1. The molecule has 2 aromatic heterocycles. The van der Waals surface area contributed by atoms with Gasteiger partial charge in [-0.2, -0.15) is 0 Å². The first-order valence-electron chi connectivity index (χ1n) is 8.14. The summed E-state index contributed by atoms with van der Waals surface area (Å²) in [6.07, 6.45) is 5.04. The van der Waals surface area contributed by atoms with E-state index < -0.39 is 0 Å². The first-order chi connectivity index (χ1) is 12.1. The zero-order valence-electron chi connectivity index (χ0n) is 14.1. The maximum absolute atomic E-state index is 12.6. The monoisotopic (exact) mass is 340 g/mol. The molecule has 25 heavy (non-hydrogen) atoms. The van der Waals surface area contributed by atoms with Crippen LogP contribution in [0.2, 0.25) is 0 Å². The lowest BCUT2D eigenvalue weighted by Gasteiger charge is -2.34. The van der Waals surface area contributed by atoms with Crippen LogP contribution in [0.3, 0.4) is 0 Å². The van der Waals surface area contributed by atoms with Crippen molar-refractivity contribution in [3.63, 3.8) is 0 Å². The normalized spacial score (nSPS) is 14.3. The van der Waals surface area contributed by atoms with Gasteiger partial charge in [0.05, 0.1) is 0 Å². The molecule has 0 unspecified atom stereocenters. The molecule has 1 aliphatic rings. The third-order valence-electron chi connectivity index (χ3n) is 4.06. The van der Waals surface area contributed by atoms with Gasteiger partial charge in [-0.05, 0) is 17.7 Å². The standard InChI is InChI=1S/C17H20N6O2/c1-13(24)22-7-9-23(10-8-22)16(25)15-4-6-19-17(21-15)20-12-14-3-2-5-18-11-14/h2-6,11H,7-10,12H2,1H3,(H,19,20,21). The van der Waals surface area contributed by atoms with Crippen molar-refractivity contribution in [2.45, 2.75) is 13.5 Å². The zero-order chi connectivity index (χ0) is 17.6. The van der Waals surface area contributed by atoms with Crippen molar-refractivity contribution >= 4 is 17.8 Å². The van der Waals surface area contributed by atoms with Crippen molar-refractivity contribution in [1.82, 2.24) is 24.8 Å².